The number of nitrogens with one attached hydrogen (secondary N) is 2. The Kier molecular flexibility index (Phi) is 2.94. The number of H-pyrrole nitrogens is 1. The number of nitrogens with zero attached hydrogens (tertiary/aromatic N) is 3. The van der Waals surface area contributed by atoms with Crippen LogP contribution >= 0.6 is 0 Å². The SMILES string of the molecule is Cc1ncc(CNc2cnn(C(C)C)c2)[nH]1. The fourth-order valence-corrected chi connectivity index (χ4v) is 1.47. The Morgan fingerprint density at radius 3 is 2.81 bits per heavy atom. The summed E-state index contributed by atoms with van der Waals surface area (Å²) in [6, 6.07) is 0.393. The van der Waals surface area contributed by atoms with E-state index >= 15 is 0 Å². The number of hydrogen-bond donors (Lipinski definition) is 2. The monoisotopic (exact) mass is 219 g/mol. The lowest BCUT2D eigenvalue weighted by atomic mass is 10.4. The van der Waals surface area contributed by atoms with E-state index in [2.05, 4.69) is 34.2 Å². The van der Waals surface area contributed by atoms with Gasteiger partial charge in [0.05, 0.1) is 30.3 Å². The number of aryl methyl sites for hydroxylation is 1. The topological polar surface area (TPSA) is 58.5 Å². The number of imidazole rings is 1. The first-order valence-electron chi connectivity index (χ1n) is 5.43. The molecule has 0 spiro atoms. The summed E-state index contributed by atoms with van der Waals surface area (Å²) in [6.07, 6.45) is 5.69. The van der Waals surface area contributed by atoms with Crippen LogP contribution in [0.5, 0.6) is 0 Å². The normalized spacial score (nSPS) is 11.0. The highest BCUT2D eigenvalue weighted by Crippen LogP contribution is 2.10. The minimum absolute atomic E-state index is 0.393. The van der Waals surface area contributed by atoms with E-state index < -0.39 is 0 Å². The molecule has 0 aliphatic heterocycles. The third-order valence-electron chi connectivity index (χ3n) is 2.37. The minimum Gasteiger partial charge on any atom is -0.377 e. The van der Waals surface area contributed by atoms with Crippen LogP contribution in [0.1, 0.15) is 31.4 Å². The molecule has 5 heteroatoms. The van der Waals surface area contributed by atoms with E-state index in [0.29, 0.717) is 6.04 Å². The van der Waals surface area contributed by atoms with E-state index in [1.54, 1.807) is 0 Å². The molecule has 0 amide bonds. The largest absolute Gasteiger partial charge is 0.377 e. The molecule has 0 radical (unpaired) electrons. The summed E-state index contributed by atoms with van der Waals surface area (Å²) in [5.74, 6) is 0.940. The van der Waals surface area contributed by atoms with Crippen LogP contribution in [0.25, 0.3) is 0 Å². The van der Waals surface area contributed by atoms with Crippen molar-refractivity contribution in [3.63, 3.8) is 0 Å². The molecule has 86 valence electrons. The Bertz CT molecular complexity index is 454. The van der Waals surface area contributed by atoms with Gasteiger partial charge in [-0.3, -0.25) is 4.68 Å². The summed E-state index contributed by atoms with van der Waals surface area (Å²) in [5.41, 5.74) is 2.11. The molecule has 0 fully saturated rings. The van der Waals surface area contributed by atoms with Gasteiger partial charge in [0, 0.05) is 12.2 Å². The highest BCUT2D eigenvalue weighted by Gasteiger charge is 2.02. The number of aromatic nitrogens is 4. The molecule has 0 saturated heterocycles. The summed E-state index contributed by atoms with van der Waals surface area (Å²) in [4.78, 5) is 7.32. The van der Waals surface area contributed by atoms with E-state index in [0.717, 1.165) is 23.8 Å². The van der Waals surface area contributed by atoms with E-state index in [9.17, 15) is 0 Å². The van der Waals surface area contributed by atoms with Gasteiger partial charge in [-0.25, -0.2) is 4.98 Å². The third kappa shape index (κ3) is 2.42. The van der Waals surface area contributed by atoms with E-state index in [1.165, 1.54) is 0 Å². The van der Waals surface area contributed by atoms with Crippen LogP contribution in [0.15, 0.2) is 18.6 Å². The summed E-state index contributed by atoms with van der Waals surface area (Å²) in [6.45, 7) is 6.90. The predicted octanol–water partition coefficient (Wildman–Crippen LogP) is 2.11. The third-order valence-corrected chi connectivity index (χ3v) is 2.37. The van der Waals surface area contributed by atoms with Gasteiger partial charge in [-0.05, 0) is 20.8 Å². The smallest absolute Gasteiger partial charge is 0.103 e. The molecule has 2 N–H and O–H groups in total. The first kappa shape index (κ1) is 10.7. The van der Waals surface area contributed by atoms with Crippen LogP contribution in [-0.2, 0) is 6.54 Å². The lowest BCUT2D eigenvalue weighted by Crippen LogP contribution is -2.01. The highest BCUT2D eigenvalue weighted by molar-refractivity contribution is 5.38. The van der Waals surface area contributed by atoms with Crippen LogP contribution in [-0.4, -0.2) is 19.7 Å². The molecule has 0 atom stereocenters. The second-order valence-electron chi connectivity index (χ2n) is 4.15. The van der Waals surface area contributed by atoms with E-state index in [1.807, 2.05) is 30.2 Å². The van der Waals surface area contributed by atoms with Crippen LogP contribution in [0.3, 0.4) is 0 Å². The van der Waals surface area contributed by atoms with Crippen molar-refractivity contribution in [2.45, 2.75) is 33.4 Å². The van der Waals surface area contributed by atoms with Crippen molar-refractivity contribution in [3.8, 4) is 0 Å². The summed E-state index contributed by atoms with van der Waals surface area (Å²) >= 11 is 0. The quantitative estimate of drug-likeness (QED) is 0.828. The van der Waals surface area contributed by atoms with Crippen LogP contribution < -0.4 is 5.32 Å². The molecule has 0 unspecified atom stereocenters. The zero-order valence-electron chi connectivity index (χ0n) is 9.86. The Morgan fingerprint density at radius 2 is 2.25 bits per heavy atom. The van der Waals surface area contributed by atoms with Crippen molar-refractivity contribution < 1.29 is 0 Å². The van der Waals surface area contributed by atoms with Gasteiger partial charge < -0.3 is 10.3 Å². The zero-order chi connectivity index (χ0) is 11.5. The zero-order valence-corrected chi connectivity index (χ0v) is 9.86. The predicted molar refractivity (Wildman–Crippen MR) is 63.3 cm³/mol. The number of aromatic amines is 1. The molecule has 0 aromatic carbocycles. The van der Waals surface area contributed by atoms with Crippen LogP contribution in [0.2, 0.25) is 0 Å². The van der Waals surface area contributed by atoms with Crippen molar-refractivity contribution >= 4 is 5.69 Å². The molecule has 0 saturated carbocycles. The van der Waals surface area contributed by atoms with Gasteiger partial charge in [-0.1, -0.05) is 0 Å². The first-order chi connectivity index (χ1) is 7.65. The average molecular weight is 219 g/mol. The molecule has 2 aromatic heterocycles. The standard InChI is InChI=1S/C11H17N5/c1-8(2)16-7-11(6-14-16)13-5-10-4-12-9(3)15-10/h4,6-8,13H,5H2,1-3H3,(H,12,15). The fourth-order valence-electron chi connectivity index (χ4n) is 1.47. The average Bonchev–Trinajstić information content (AvgIpc) is 2.83. The Labute approximate surface area is 94.9 Å². The lowest BCUT2D eigenvalue weighted by molar-refractivity contribution is 0.532. The van der Waals surface area contributed by atoms with Gasteiger partial charge in [0.2, 0.25) is 0 Å². The van der Waals surface area contributed by atoms with Crippen molar-refractivity contribution in [1.29, 1.82) is 0 Å². The van der Waals surface area contributed by atoms with Gasteiger partial charge in [-0.2, -0.15) is 5.10 Å². The van der Waals surface area contributed by atoms with Gasteiger partial charge in [0.1, 0.15) is 5.82 Å². The first-order valence-corrected chi connectivity index (χ1v) is 5.43. The molecule has 0 aliphatic carbocycles. The van der Waals surface area contributed by atoms with Gasteiger partial charge in [0.25, 0.3) is 0 Å². The lowest BCUT2D eigenvalue weighted by Gasteiger charge is -2.03. The maximum atomic E-state index is 4.26. The summed E-state index contributed by atoms with van der Waals surface area (Å²) < 4.78 is 1.93. The second kappa shape index (κ2) is 4.38. The molecule has 0 bridgehead atoms. The second-order valence-corrected chi connectivity index (χ2v) is 4.15. The van der Waals surface area contributed by atoms with Crippen molar-refractivity contribution in [1.82, 2.24) is 19.7 Å². The molecular weight excluding hydrogens is 202 g/mol. The molecule has 2 heterocycles. The Balaban J connectivity index is 1.94. The summed E-state index contributed by atoms with van der Waals surface area (Å²) in [5, 5.41) is 7.56. The van der Waals surface area contributed by atoms with Gasteiger partial charge in [0.15, 0.2) is 0 Å². The van der Waals surface area contributed by atoms with Gasteiger partial charge in [-0.15, -0.1) is 0 Å². The maximum absolute atomic E-state index is 4.26. The van der Waals surface area contributed by atoms with Crippen LogP contribution in [0, 0.1) is 6.92 Å². The van der Waals surface area contributed by atoms with E-state index in [4.69, 9.17) is 0 Å². The fraction of sp³-hybridized carbons (Fsp3) is 0.455. The van der Waals surface area contributed by atoms with Gasteiger partial charge >= 0.3 is 0 Å². The molecule has 16 heavy (non-hydrogen) atoms. The molecular formula is C11H17N5. The molecule has 5 nitrogen and oxygen atoms in total. The maximum Gasteiger partial charge on any atom is 0.103 e. The van der Waals surface area contributed by atoms with Crippen LogP contribution in [0.4, 0.5) is 5.69 Å². The van der Waals surface area contributed by atoms with Crippen molar-refractivity contribution in [2.24, 2.45) is 0 Å². The van der Waals surface area contributed by atoms with Crippen molar-refractivity contribution in [2.75, 3.05) is 5.32 Å². The molecule has 2 aromatic rings. The number of hydrogen-bond acceptors (Lipinski definition) is 3. The minimum atomic E-state index is 0.393. The molecule has 0 aliphatic rings. The van der Waals surface area contributed by atoms with Crippen molar-refractivity contribution in [3.05, 3.63) is 30.1 Å². The number of anilines is 1. The Morgan fingerprint density at radius 1 is 1.44 bits per heavy atom. The molecule has 2 rings (SSSR count). The number of rotatable bonds is 4. The summed E-state index contributed by atoms with van der Waals surface area (Å²) in [7, 11) is 0. The van der Waals surface area contributed by atoms with E-state index in [-0.39, 0.29) is 0 Å². The highest BCUT2D eigenvalue weighted by atomic mass is 15.3. The Hall–Kier alpha value is -1.78.